The summed E-state index contributed by atoms with van der Waals surface area (Å²) in [6.45, 7) is 5.73. The number of oxazole rings is 1. The van der Waals surface area contributed by atoms with Crippen molar-refractivity contribution in [1.82, 2.24) is 14.9 Å². The third kappa shape index (κ3) is 3.13. The molecule has 0 atom stereocenters. The van der Waals surface area contributed by atoms with Crippen molar-refractivity contribution < 1.29 is 18.7 Å². The summed E-state index contributed by atoms with van der Waals surface area (Å²) in [4.78, 5) is 25.3. The summed E-state index contributed by atoms with van der Waals surface area (Å²) in [6, 6.07) is 2.04. The van der Waals surface area contributed by atoms with E-state index >= 15 is 0 Å². The van der Waals surface area contributed by atoms with E-state index in [1.54, 1.807) is 11.2 Å². The molecule has 5 rings (SSSR count). The van der Waals surface area contributed by atoms with Gasteiger partial charge in [-0.3, -0.25) is 4.98 Å². The van der Waals surface area contributed by atoms with Crippen LogP contribution in [0.1, 0.15) is 22.8 Å². The summed E-state index contributed by atoms with van der Waals surface area (Å²) in [5.41, 5.74) is 5.22. The van der Waals surface area contributed by atoms with Crippen LogP contribution < -0.4 is 4.90 Å². The predicted octanol–water partition coefficient (Wildman–Crippen LogP) is 2.13. The Morgan fingerprint density at radius 2 is 2.07 bits per heavy atom. The Kier molecular flexibility index (Phi) is 4.27. The van der Waals surface area contributed by atoms with Crippen LogP contribution in [0.25, 0.3) is 11.6 Å². The zero-order valence-corrected chi connectivity index (χ0v) is 15.8. The van der Waals surface area contributed by atoms with Crippen molar-refractivity contribution in [2.24, 2.45) is 0 Å². The molecule has 2 aromatic rings. The monoisotopic (exact) mass is 382 g/mol. The van der Waals surface area contributed by atoms with Gasteiger partial charge in [-0.2, -0.15) is 0 Å². The Balaban J connectivity index is 1.29. The number of hydrogen-bond acceptors (Lipinski definition) is 7. The smallest absolute Gasteiger partial charge is 0.410 e. The number of nitrogens with zero attached hydrogens (tertiary/aromatic N) is 4. The van der Waals surface area contributed by atoms with Crippen LogP contribution in [0.2, 0.25) is 0 Å². The fourth-order valence-electron chi connectivity index (χ4n) is 3.75. The summed E-state index contributed by atoms with van der Waals surface area (Å²) in [6.07, 6.45) is 6.04. The molecule has 2 saturated heterocycles. The van der Waals surface area contributed by atoms with E-state index in [-0.39, 0.29) is 12.2 Å². The first kappa shape index (κ1) is 17.2. The second-order valence-corrected chi connectivity index (χ2v) is 7.35. The van der Waals surface area contributed by atoms with Gasteiger partial charge in [-0.15, -0.1) is 0 Å². The lowest BCUT2D eigenvalue weighted by atomic mass is 10.1. The summed E-state index contributed by atoms with van der Waals surface area (Å²) < 4.78 is 16.0. The number of aromatic nitrogens is 2. The number of ether oxygens (including phenoxy) is 2. The molecular weight excluding hydrogens is 360 g/mol. The average molecular weight is 382 g/mol. The van der Waals surface area contributed by atoms with E-state index in [0.717, 1.165) is 47.7 Å². The van der Waals surface area contributed by atoms with Crippen LogP contribution >= 0.6 is 0 Å². The molecule has 0 unspecified atom stereocenters. The third-order valence-electron chi connectivity index (χ3n) is 5.37. The van der Waals surface area contributed by atoms with E-state index < -0.39 is 0 Å². The lowest BCUT2D eigenvalue weighted by Crippen LogP contribution is -2.51. The Morgan fingerprint density at radius 1 is 1.25 bits per heavy atom. The number of anilines is 1. The van der Waals surface area contributed by atoms with Crippen LogP contribution in [0, 0.1) is 6.92 Å². The first-order chi connectivity index (χ1) is 13.7. The average Bonchev–Trinajstić information content (AvgIpc) is 3.30. The van der Waals surface area contributed by atoms with E-state index in [2.05, 4.69) is 20.9 Å². The SMILES string of the molecule is Cc1coc(C2=Cc3c(N4CCN(C(=O)OC5COC5)CC4)ccnc3C2)n1. The first-order valence-corrected chi connectivity index (χ1v) is 9.56. The van der Waals surface area contributed by atoms with Crippen LogP contribution in [0.5, 0.6) is 0 Å². The fraction of sp³-hybridized carbons (Fsp3) is 0.450. The standard InChI is InChI=1S/C20H22N4O4/c1-13-10-27-19(22-13)14-8-16-17(9-14)21-3-2-18(16)23-4-6-24(7-5-23)20(25)28-15-11-26-12-15/h2-3,8,10,15H,4-7,9,11-12H2,1H3. The molecule has 2 fully saturated rings. The van der Waals surface area contributed by atoms with Crippen molar-refractivity contribution in [3.8, 4) is 0 Å². The van der Waals surface area contributed by atoms with Crippen molar-refractivity contribution in [1.29, 1.82) is 0 Å². The van der Waals surface area contributed by atoms with Gasteiger partial charge in [0.2, 0.25) is 5.89 Å². The van der Waals surface area contributed by atoms with Crippen molar-refractivity contribution in [2.45, 2.75) is 19.4 Å². The summed E-state index contributed by atoms with van der Waals surface area (Å²) in [7, 11) is 0. The maximum Gasteiger partial charge on any atom is 0.410 e. The molecule has 0 spiro atoms. The molecule has 4 heterocycles. The molecule has 8 heteroatoms. The largest absolute Gasteiger partial charge is 0.445 e. The number of pyridine rings is 1. The Bertz CT molecular complexity index is 926. The number of amides is 1. The normalized spacial score (nSPS) is 19.2. The van der Waals surface area contributed by atoms with E-state index in [0.29, 0.717) is 32.2 Å². The highest BCUT2D eigenvalue weighted by molar-refractivity contribution is 5.90. The first-order valence-electron chi connectivity index (χ1n) is 9.56. The predicted molar refractivity (Wildman–Crippen MR) is 102 cm³/mol. The molecule has 0 radical (unpaired) electrons. The van der Waals surface area contributed by atoms with Crippen LogP contribution in [0.15, 0.2) is 22.9 Å². The minimum atomic E-state index is -0.241. The molecule has 1 amide bonds. The molecule has 0 saturated carbocycles. The van der Waals surface area contributed by atoms with Gasteiger partial charge in [-0.05, 0) is 19.1 Å². The highest BCUT2D eigenvalue weighted by Gasteiger charge is 2.29. The number of fused-ring (bicyclic) bond motifs is 1. The summed E-state index contributed by atoms with van der Waals surface area (Å²) >= 11 is 0. The van der Waals surface area contributed by atoms with Gasteiger partial charge in [0.1, 0.15) is 6.26 Å². The van der Waals surface area contributed by atoms with Gasteiger partial charge in [0.05, 0.1) is 24.6 Å². The number of aryl methyl sites for hydroxylation is 1. The highest BCUT2D eigenvalue weighted by atomic mass is 16.6. The molecule has 2 aromatic heterocycles. The van der Waals surface area contributed by atoms with Crippen LogP contribution in [0.4, 0.5) is 10.5 Å². The number of carbonyl (C=O) groups excluding carboxylic acids is 1. The molecule has 1 aliphatic carbocycles. The zero-order valence-electron chi connectivity index (χ0n) is 15.8. The lowest BCUT2D eigenvalue weighted by Gasteiger charge is -2.37. The number of rotatable bonds is 3. The van der Waals surface area contributed by atoms with Gasteiger partial charge in [0.15, 0.2) is 6.10 Å². The minimum absolute atomic E-state index is 0.0867. The summed E-state index contributed by atoms with van der Waals surface area (Å²) in [5.74, 6) is 0.661. The molecule has 146 valence electrons. The van der Waals surface area contributed by atoms with Gasteiger partial charge in [-0.1, -0.05) is 0 Å². The van der Waals surface area contributed by atoms with Gasteiger partial charge in [0, 0.05) is 55.6 Å². The molecule has 0 bridgehead atoms. The van der Waals surface area contributed by atoms with Gasteiger partial charge >= 0.3 is 6.09 Å². The fourth-order valence-corrected chi connectivity index (χ4v) is 3.75. The molecule has 0 aromatic carbocycles. The maximum atomic E-state index is 12.2. The minimum Gasteiger partial charge on any atom is -0.445 e. The van der Waals surface area contributed by atoms with Crippen molar-refractivity contribution in [3.63, 3.8) is 0 Å². The van der Waals surface area contributed by atoms with E-state index in [1.165, 1.54) is 0 Å². The molecule has 2 aliphatic heterocycles. The van der Waals surface area contributed by atoms with E-state index in [4.69, 9.17) is 13.9 Å². The lowest BCUT2D eigenvalue weighted by molar-refractivity contribution is -0.104. The Labute approximate surface area is 162 Å². The van der Waals surface area contributed by atoms with E-state index in [9.17, 15) is 4.79 Å². The molecule has 0 N–H and O–H groups in total. The van der Waals surface area contributed by atoms with Crippen molar-refractivity contribution in [2.75, 3.05) is 44.3 Å². The quantitative estimate of drug-likeness (QED) is 0.804. The Hall–Kier alpha value is -2.87. The number of carbonyl (C=O) groups is 1. The van der Waals surface area contributed by atoms with Crippen molar-refractivity contribution >= 4 is 23.4 Å². The van der Waals surface area contributed by atoms with Crippen molar-refractivity contribution in [3.05, 3.63) is 41.4 Å². The van der Waals surface area contributed by atoms with Crippen LogP contribution in [-0.4, -0.2) is 66.5 Å². The summed E-state index contributed by atoms with van der Waals surface area (Å²) in [5, 5.41) is 0. The van der Waals surface area contributed by atoms with Gasteiger partial charge in [-0.25, -0.2) is 9.78 Å². The van der Waals surface area contributed by atoms with Gasteiger partial charge in [0.25, 0.3) is 0 Å². The molecule has 8 nitrogen and oxygen atoms in total. The van der Waals surface area contributed by atoms with Crippen LogP contribution in [-0.2, 0) is 15.9 Å². The maximum absolute atomic E-state index is 12.2. The highest BCUT2D eigenvalue weighted by Crippen LogP contribution is 2.36. The van der Waals surface area contributed by atoms with Gasteiger partial charge < -0.3 is 23.7 Å². The Morgan fingerprint density at radius 3 is 2.75 bits per heavy atom. The number of hydrogen-bond donors (Lipinski definition) is 0. The second kappa shape index (κ2) is 6.94. The molecule has 28 heavy (non-hydrogen) atoms. The zero-order chi connectivity index (χ0) is 19.1. The molecule has 3 aliphatic rings. The number of allylic oxidation sites excluding steroid dienone is 1. The third-order valence-corrected chi connectivity index (χ3v) is 5.37. The second-order valence-electron chi connectivity index (χ2n) is 7.35. The topological polar surface area (TPSA) is 80.9 Å². The van der Waals surface area contributed by atoms with E-state index in [1.807, 2.05) is 19.2 Å². The number of piperazine rings is 1. The molecular formula is C20H22N4O4. The van der Waals surface area contributed by atoms with Crippen LogP contribution in [0.3, 0.4) is 0 Å².